The lowest BCUT2D eigenvalue weighted by molar-refractivity contribution is -0.121. The third-order valence-corrected chi connectivity index (χ3v) is 4.92. The van der Waals surface area contributed by atoms with Gasteiger partial charge in [-0.15, -0.1) is 0 Å². The van der Waals surface area contributed by atoms with Crippen LogP contribution in [0, 0.1) is 5.82 Å². The van der Waals surface area contributed by atoms with E-state index in [-0.39, 0.29) is 42.6 Å². The molecule has 7 nitrogen and oxygen atoms in total. The first-order chi connectivity index (χ1) is 14.9. The molecule has 0 aliphatic heterocycles. The van der Waals surface area contributed by atoms with E-state index in [1.165, 1.54) is 18.4 Å². The van der Waals surface area contributed by atoms with Crippen LogP contribution in [0.25, 0.3) is 0 Å². The number of benzene rings is 2. The first kappa shape index (κ1) is 22.2. The molecule has 3 N–H and O–H groups in total. The first-order valence-corrected chi connectivity index (χ1v) is 10.2. The molecule has 0 fully saturated rings. The van der Waals surface area contributed by atoms with Crippen molar-refractivity contribution in [3.63, 3.8) is 0 Å². The Balaban J connectivity index is 1.44. The van der Waals surface area contributed by atoms with Crippen LogP contribution in [0.2, 0.25) is 0 Å². The maximum atomic E-state index is 13.3. The molecule has 3 amide bonds. The van der Waals surface area contributed by atoms with E-state index >= 15 is 0 Å². The Morgan fingerprint density at radius 3 is 2.58 bits per heavy atom. The molecule has 0 spiro atoms. The lowest BCUT2D eigenvalue weighted by Gasteiger charge is -2.09. The van der Waals surface area contributed by atoms with Crippen LogP contribution < -0.4 is 16.0 Å². The SMILES string of the molecule is O=C(CCNC(=O)c1cc(F)ccc1Br)NCc1cccc(NC(=O)c2ccco2)c1. The summed E-state index contributed by atoms with van der Waals surface area (Å²) < 4.78 is 18.8. The fourth-order valence-electron chi connectivity index (χ4n) is 2.70. The molecule has 0 saturated carbocycles. The molecule has 0 radical (unpaired) electrons. The van der Waals surface area contributed by atoms with Gasteiger partial charge in [0.1, 0.15) is 5.82 Å². The molecule has 0 atom stereocenters. The topological polar surface area (TPSA) is 100 Å². The van der Waals surface area contributed by atoms with E-state index in [0.717, 1.165) is 11.6 Å². The average molecular weight is 488 g/mol. The minimum atomic E-state index is -0.520. The minimum absolute atomic E-state index is 0.0631. The number of nitrogens with one attached hydrogen (secondary N) is 3. The molecule has 2 aromatic carbocycles. The van der Waals surface area contributed by atoms with Crippen LogP contribution >= 0.6 is 15.9 Å². The predicted molar refractivity (Wildman–Crippen MR) is 116 cm³/mol. The van der Waals surface area contributed by atoms with Gasteiger partial charge in [-0.05, 0) is 64.0 Å². The van der Waals surface area contributed by atoms with Crippen LogP contribution in [0.15, 0.2) is 69.8 Å². The number of rotatable bonds is 8. The van der Waals surface area contributed by atoms with E-state index in [1.54, 1.807) is 30.3 Å². The second-order valence-electron chi connectivity index (χ2n) is 6.54. The summed E-state index contributed by atoms with van der Waals surface area (Å²) in [6, 6.07) is 14.0. The molecule has 0 unspecified atom stereocenters. The van der Waals surface area contributed by atoms with Gasteiger partial charge in [0.05, 0.1) is 11.8 Å². The van der Waals surface area contributed by atoms with Gasteiger partial charge in [-0.2, -0.15) is 0 Å². The van der Waals surface area contributed by atoms with Crippen LogP contribution in [0.4, 0.5) is 10.1 Å². The Kier molecular flexibility index (Phi) is 7.55. The van der Waals surface area contributed by atoms with E-state index in [2.05, 4.69) is 31.9 Å². The maximum Gasteiger partial charge on any atom is 0.291 e. The molecule has 0 bridgehead atoms. The van der Waals surface area contributed by atoms with Gasteiger partial charge in [-0.1, -0.05) is 12.1 Å². The van der Waals surface area contributed by atoms with Gasteiger partial charge in [0.25, 0.3) is 11.8 Å². The highest BCUT2D eigenvalue weighted by atomic mass is 79.9. The third kappa shape index (κ3) is 6.51. The molecule has 0 saturated heterocycles. The van der Waals surface area contributed by atoms with Gasteiger partial charge >= 0.3 is 0 Å². The summed E-state index contributed by atoms with van der Waals surface area (Å²) in [5, 5.41) is 8.06. The van der Waals surface area contributed by atoms with Gasteiger partial charge < -0.3 is 20.4 Å². The second kappa shape index (κ2) is 10.5. The molecular weight excluding hydrogens is 469 g/mol. The van der Waals surface area contributed by atoms with Crippen molar-refractivity contribution in [2.24, 2.45) is 0 Å². The number of carbonyl (C=O) groups excluding carboxylic acids is 3. The highest BCUT2D eigenvalue weighted by molar-refractivity contribution is 9.10. The molecule has 9 heteroatoms. The third-order valence-electron chi connectivity index (χ3n) is 4.23. The van der Waals surface area contributed by atoms with Crippen molar-refractivity contribution in [3.8, 4) is 0 Å². The summed E-state index contributed by atoms with van der Waals surface area (Å²) in [7, 11) is 0. The van der Waals surface area contributed by atoms with E-state index in [9.17, 15) is 18.8 Å². The van der Waals surface area contributed by atoms with Gasteiger partial charge in [-0.25, -0.2) is 4.39 Å². The van der Waals surface area contributed by atoms with Crippen molar-refractivity contribution in [2.45, 2.75) is 13.0 Å². The summed E-state index contributed by atoms with van der Waals surface area (Å²) in [4.78, 5) is 36.2. The van der Waals surface area contributed by atoms with Crippen LogP contribution in [-0.4, -0.2) is 24.3 Å². The zero-order valence-corrected chi connectivity index (χ0v) is 17.9. The second-order valence-corrected chi connectivity index (χ2v) is 7.39. The summed E-state index contributed by atoms with van der Waals surface area (Å²) in [5.41, 5.74) is 1.52. The number of halogens is 2. The Labute approximate surface area is 186 Å². The molecule has 31 heavy (non-hydrogen) atoms. The van der Waals surface area contributed by atoms with Gasteiger partial charge in [-0.3, -0.25) is 14.4 Å². The monoisotopic (exact) mass is 487 g/mol. The van der Waals surface area contributed by atoms with Gasteiger partial charge in [0, 0.05) is 29.7 Å². The fraction of sp³-hybridized carbons (Fsp3) is 0.136. The fourth-order valence-corrected chi connectivity index (χ4v) is 3.13. The average Bonchev–Trinajstić information content (AvgIpc) is 3.29. The Morgan fingerprint density at radius 2 is 1.81 bits per heavy atom. The smallest absolute Gasteiger partial charge is 0.291 e. The number of hydrogen-bond donors (Lipinski definition) is 3. The maximum absolute atomic E-state index is 13.3. The largest absolute Gasteiger partial charge is 0.459 e. The highest BCUT2D eigenvalue weighted by Gasteiger charge is 2.12. The summed E-state index contributed by atoms with van der Waals surface area (Å²) in [6.45, 7) is 0.361. The Morgan fingerprint density at radius 1 is 0.968 bits per heavy atom. The quantitative estimate of drug-likeness (QED) is 0.448. The highest BCUT2D eigenvalue weighted by Crippen LogP contribution is 2.17. The van der Waals surface area contributed by atoms with E-state index in [0.29, 0.717) is 10.2 Å². The molecule has 0 aliphatic carbocycles. The summed E-state index contributed by atoms with van der Waals surface area (Å²) in [6.07, 6.45) is 1.48. The first-order valence-electron chi connectivity index (χ1n) is 9.36. The minimum Gasteiger partial charge on any atom is -0.459 e. The number of carbonyl (C=O) groups is 3. The summed E-state index contributed by atoms with van der Waals surface area (Å²) in [5.74, 6) is -1.42. The van der Waals surface area contributed by atoms with E-state index in [4.69, 9.17) is 4.42 Å². The Hall–Kier alpha value is -3.46. The van der Waals surface area contributed by atoms with Gasteiger partial charge in [0.2, 0.25) is 5.91 Å². The lowest BCUT2D eigenvalue weighted by Crippen LogP contribution is -2.30. The van der Waals surface area contributed by atoms with Gasteiger partial charge in [0.15, 0.2) is 5.76 Å². The lowest BCUT2D eigenvalue weighted by atomic mass is 10.2. The van der Waals surface area contributed by atoms with Crippen molar-refractivity contribution in [3.05, 3.63) is 88.0 Å². The molecular formula is C22H19BrFN3O4. The molecule has 1 heterocycles. The zero-order valence-electron chi connectivity index (χ0n) is 16.3. The number of furan rings is 1. The van der Waals surface area contributed by atoms with Crippen molar-refractivity contribution in [1.82, 2.24) is 10.6 Å². The van der Waals surface area contributed by atoms with Crippen molar-refractivity contribution in [1.29, 1.82) is 0 Å². The molecule has 0 aliphatic rings. The van der Waals surface area contributed by atoms with E-state index < -0.39 is 11.7 Å². The Bertz CT molecular complexity index is 1090. The predicted octanol–water partition coefficient (Wildman–Crippen LogP) is 3.87. The van der Waals surface area contributed by atoms with Crippen LogP contribution in [0.1, 0.15) is 32.9 Å². The molecule has 1 aromatic heterocycles. The number of amides is 3. The van der Waals surface area contributed by atoms with Crippen LogP contribution in [-0.2, 0) is 11.3 Å². The van der Waals surface area contributed by atoms with Crippen molar-refractivity contribution >= 4 is 39.3 Å². The molecule has 160 valence electrons. The normalized spacial score (nSPS) is 10.4. The van der Waals surface area contributed by atoms with Crippen LogP contribution in [0.3, 0.4) is 0 Å². The number of anilines is 1. The summed E-state index contributed by atoms with van der Waals surface area (Å²) >= 11 is 3.20. The number of hydrogen-bond acceptors (Lipinski definition) is 4. The van der Waals surface area contributed by atoms with Crippen LogP contribution in [0.5, 0.6) is 0 Å². The zero-order chi connectivity index (χ0) is 22.2. The molecule has 3 aromatic rings. The van der Waals surface area contributed by atoms with E-state index in [1.807, 2.05) is 6.07 Å². The van der Waals surface area contributed by atoms with Crippen molar-refractivity contribution in [2.75, 3.05) is 11.9 Å². The van der Waals surface area contributed by atoms with Crippen molar-refractivity contribution < 1.29 is 23.2 Å². The standard InChI is InChI=1S/C22H19BrFN3O4/c23-18-7-6-15(24)12-17(18)21(29)25-9-8-20(28)26-13-14-3-1-4-16(11-14)27-22(30)19-5-2-10-31-19/h1-7,10-12H,8-9,13H2,(H,25,29)(H,26,28)(H,27,30). The molecule has 3 rings (SSSR count).